The molecule has 0 bridgehead atoms. The quantitative estimate of drug-likeness (QED) is 0.758. The number of hydrogen-bond donors (Lipinski definition) is 1. The molecule has 6 heteroatoms. The lowest BCUT2D eigenvalue weighted by Gasteiger charge is -2.14. The van der Waals surface area contributed by atoms with Gasteiger partial charge in [0.25, 0.3) is 5.91 Å². The van der Waals surface area contributed by atoms with Crippen molar-refractivity contribution in [3.63, 3.8) is 0 Å². The van der Waals surface area contributed by atoms with Gasteiger partial charge in [-0.05, 0) is 43.0 Å². The van der Waals surface area contributed by atoms with E-state index in [0.717, 1.165) is 24.1 Å². The zero-order valence-corrected chi connectivity index (χ0v) is 14.7. The first kappa shape index (κ1) is 19.6. The Morgan fingerprint density at radius 2 is 1.62 bits per heavy atom. The third-order valence-electron chi connectivity index (χ3n) is 3.94. The normalized spacial score (nSPS) is 11.7. The molecule has 1 atom stereocenters. The van der Waals surface area contributed by atoms with Crippen LogP contribution >= 0.6 is 0 Å². The molecule has 1 amide bonds. The van der Waals surface area contributed by atoms with E-state index in [1.165, 1.54) is 18.6 Å². The van der Waals surface area contributed by atoms with E-state index in [1.807, 2.05) is 24.3 Å². The Morgan fingerprint density at radius 1 is 1.04 bits per heavy atom. The molecule has 2 aromatic rings. The van der Waals surface area contributed by atoms with Crippen molar-refractivity contribution in [2.45, 2.75) is 39.2 Å². The third-order valence-corrected chi connectivity index (χ3v) is 3.94. The molecule has 0 fully saturated rings. The van der Waals surface area contributed by atoms with Crippen LogP contribution in [0.2, 0.25) is 0 Å². The second kappa shape index (κ2) is 9.08. The Kier molecular flexibility index (Phi) is 6.83. The number of para-hydroxylation sites is 1. The van der Waals surface area contributed by atoms with Crippen LogP contribution in [-0.4, -0.2) is 18.0 Å². The molecule has 0 radical (unpaired) electrons. The lowest BCUT2D eigenvalue weighted by atomic mass is 10.1. The minimum absolute atomic E-state index is 0.108. The van der Waals surface area contributed by atoms with Gasteiger partial charge in [-0.1, -0.05) is 37.3 Å². The Morgan fingerprint density at radius 3 is 2.19 bits per heavy atom. The standard InChI is InChI=1S/C20H21F2NO3/c1-3-14-7-9-15(10-8-14)11-12-18(24)26-13(2)20(25)23-19-16(21)5-4-6-17(19)22/h4-10,13H,3,11-12H2,1-2H3,(H,23,25)/t13-/m0/s1. The van der Waals surface area contributed by atoms with Crippen LogP contribution in [0, 0.1) is 11.6 Å². The molecule has 0 saturated heterocycles. The second-order valence-corrected chi connectivity index (χ2v) is 5.89. The van der Waals surface area contributed by atoms with E-state index < -0.39 is 35.3 Å². The number of carbonyl (C=O) groups excluding carboxylic acids is 2. The van der Waals surface area contributed by atoms with E-state index in [9.17, 15) is 18.4 Å². The highest BCUT2D eigenvalue weighted by Crippen LogP contribution is 2.18. The van der Waals surface area contributed by atoms with Crippen molar-refractivity contribution < 1.29 is 23.1 Å². The molecule has 26 heavy (non-hydrogen) atoms. The number of benzene rings is 2. The predicted molar refractivity (Wildman–Crippen MR) is 94.7 cm³/mol. The van der Waals surface area contributed by atoms with E-state index >= 15 is 0 Å². The number of hydrogen-bond acceptors (Lipinski definition) is 3. The lowest BCUT2D eigenvalue weighted by Crippen LogP contribution is -2.30. The van der Waals surface area contributed by atoms with Crippen molar-refractivity contribution in [2.75, 3.05) is 5.32 Å². The van der Waals surface area contributed by atoms with Crippen LogP contribution in [0.5, 0.6) is 0 Å². The van der Waals surface area contributed by atoms with Gasteiger partial charge >= 0.3 is 5.97 Å². The summed E-state index contributed by atoms with van der Waals surface area (Å²) in [5.74, 6) is -3.14. The van der Waals surface area contributed by atoms with Crippen LogP contribution in [0.15, 0.2) is 42.5 Å². The highest BCUT2D eigenvalue weighted by Gasteiger charge is 2.20. The first-order valence-corrected chi connectivity index (χ1v) is 8.43. The monoisotopic (exact) mass is 361 g/mol. The first-order chi connectivity index (χ1) is 12.4. The van der Waals surface area contributed by atoms with Crippen LogP contribution in [0.3, 0.4) is 0 Å². The van der Waals surface area contributed by atoms with Crippen molar-refractivity contribution in [1.29, 1.82) is 0 Å². The number of halogens is 2. The van der Waals surface area contributed by atoms with Gasteiger partial charge in [-0.25, -0.2) is 8.78 Å². The molecule has 0 spiro atoms. The maximum absolute atomic E-state index is 13.5. The lowest BCUT2D eigenvalue weighted by molar-refractivity contribution is -0.153. The summed E-state index contributed by atoms with van der Waals surface area (Å²) in [5.41, 5.74) is 1.64. The van der Waals surface area contributed by atoms with Crippen LogP contribution in [0.25, 0.3) is 0 Å². The van der Waals surface area contributed by atoms with E-state index in [-0.39, 0.29) is 6.42 Å². The van der Waals surface area contributed by atoms with Crippen molar-refractivity contribution in [3.05, 3.63) is 65.2 Å². The van der Waals surface area contributed by atoms with Crippen LogP contribution in [0.4, 0.5) is 14.5 Å². The van der Waals surface area contributed by atoms with Crippen molar-refractivity contribution in [1.82, 2.24) is 0 Å². The molecule has 0 aromatic heterocycles. The number of carbonyl (C=O) groups is 2. The molecule has 1 N–H and O–H groups in total. The smallest absolute Gasteiger partial charge is 0.306 e. The van der Waals surface area contributed by atoms with Gasteiger partial charge in [0.2, 0.25) is 0 Å². The van der Waals surface area contributed by atoms with Gasteiger partial charge in [0.15, 0.2) is 6.10 Å². The number of esters is 1. The topological polar surface area (TPSA) is 55.4 Å². The summed E-state index contributed by atoms with van der Waals surface area (Å²) in [7, 11) is 0. The summed E-state index contributed by atoms with van der Waals surface area (Å²) in [6, 6.07) is 11.1. The minimum Gasteiger partial charge on any atom is -0.453 e. The van der Waals surface area contributed by atoms with E-state index in [1.54, 1.807) is 0 Å². The molecule has 138 valence electrons. The summed E-state index contributed by atoms with van der Waals surface area (Å²) >= 11 is 0. The molecule has 0 aliphatic rings. The molecule has 0 unspecified atom stereocenters. The fraction of sp³-hybridized carbons (Fsp3) is 0.300. The zero-order valence-electron chi connectivity index (χ0n) is 14.7. The molecule has 0 aliphatic heterocycles. The molecule has 2 aromatic carbocycles. The van der Waals surface area contributed by atoms with Gasteiger partial charge < -0.3 is 10.1 Å². The van der Waals surface area contributed by atoms with Gasteiger partial charge in [0, 0.05) is 6.42 Å². The number of aryl methyl sites for hydroxylation is 2. The Labute approximate surface area is 151 Å². The van der Waals surface area contributed by atoms with Gasteiger partial charge in [-0.2, -0.15) is 0 Å². The van der Waals surface area contributed by atoms with Crippen LogP contribution < -0.4 is 5.32 Å². The van der Waals surface area contributed by atoms with E-state index in [0.29, 0.717) is 6.42 Å². The largest absolute Gasteiger partial charge is 0.453 e. The summed E-state index contributed by atoms with van der Waals surface area (Å²) in [5, 5.41) is 2.10. The predicted octanol–water partition coefficient (Wildman–Crippen LogP) is 4.03. The number of nitrogens with one attached hydrogen (secondary N) is 1. The summed E-state index contributed by atoms with van der Waals surface area (Å²) in [6.07, 6.45) is 0.373. The first-order valence-electron chi connectivity index (χ1n) is 8.43. The Hall–Kier alpha value is -2.76. The summed E-state index contributed by atoms with van der Waals surface area (Å²) < 4.78 is 32.1. The number of ether oxygens (including phenoxy) is 1. The van der Waals surface area contributed by atoms with Crippen molar-refractivity contribution in [3.8, 4) is 0 Å². The maximum atomic E-state index is 13.5. The third kappa shape index (κ3) is 5.37. The van der Waals surface area contributed by atoms with E-state index in [2.05, 4.69) is 12.2 Å². The molecular weight excluding hydrogens is 340 g/mol. The molecule has 4 nitrogen and oxygen atoms in total. The molecule has 0 heterocycles. The fourth-order valence-corrected chi connectivity index (χ4v) is 2.34. The Bertz CT molecular complexity index is 755. The number of rotatable bonds is 7. The number of amides is 1. The molecule has 0 saturated carbocycles. The zero-order chi connectivity index (χ0) is 19.1. The van der Waals surface area contributed by atoms with Crippen molar-refractivity contribution >= 4 is 17.6 Å². The number of anilines is 1. The minimum atomic E-state index is -1.16. The molecular formula is C20H21F2NO3. The second-order valence-electron chi connectivity index (χ2n) is 5.89. The van der Waals surface area contributed by atoms with Crippen LogP contribution in [0.1, 0.15) is 31.4 Å². The molecule has 2 rings (SSSR count). The van der Waals surface area contributed by atoms with Crippen molar-refractivity contribution in [2.24, 2.45) is 0 Å². The molecule has 0 aliphatic carbocycles. The highest BCUT2D eigenvalue weighted by molar-refractivity contribution is 5.95. The van der Waals surface area contributed by atoms with Gasteiger partial charge in [0.05, 0.1) is 0 Å². The van der Waals surface area contributed by atoms with Gasteiger partial charge in [-0.15, -0.1) is 0 Å². The van der Waals surface area contributed by atoms with Crippen LogP contribution in [-0.2, 0) is 27.2 Å². The SMILES string of the molecule is CCc1ccc(CCC(=O)O[C@@H](C)C(=O)Nc2c(F)cccc2F)cc1. The Balaban J connectivity index is 1.84. The van der Waals surface area contributed by atoms with Gasteiger partial charge in [-0.3, -0.25) is 9.59 Å². The van der Waals surface area contributed by atoms with E-state index in [4.69, 9.17) is 4.74 Å². The summed E-state index contributed by atoms with van der Waals surface area (Å²) in [4.78, 5) is 23.9. The average Bonchev–Trinajstić information content (AvgIpc) is 2.63. The average molecular weight is 361 g/mol. The van der Waals surface area contributed by atoms with Gasteiger partial charge in [0.1, 0.15) is 17.3 Å². The highest BCUT2D eigenvalue weighted by atomic mass is 19.1. The maximum Gasteiger partial charge on any atom is 0.306 e. The summed E-state index contributed by atoms with van der Waals surface area (Å²) in [6.45, 7) is 3.41. The fourth-order valence-electron chi connectivity index (χ4n) is 2.34.